The summed E-state index contributed by atoms with van der Waals surface area (Å²) in [6.45, 7) is 2.45. The first-order valence-corrected chi connectivity index (χ1v) is 6.82. The molecule has 5 heteroatoms. The zero-order chi connectivity index (χ0) is 15.4. The van der Waals surface area contributed by atoms with Crippen LogP contribution in [0.5, 0.6) is 0 Å². The SMILES string of the molecule is CCc1nn(C)cc1C(=O)N(C)Cc1cccc(C#N)c1. The number of amides is 1. The standard InChI is InChI=1S/C16H18N4O/c1-4-15-14(11-20(3)18-15)16(21)19(2)10-13-7-5-6-12(8-13)9-17/h5-8,11H,4,10H2,1-3H3. The Morgan fingerprint density at radius 2 is 2.24 bits per heavy atom. The van der Waals surface area contributed by atoms with Crippen LogP contribution in [0, 0.1) is 11.3 Å². The highest BCUT2D eigenvalue weighted by Crippen LogP contribution is 2.13. The van der Waals surface area contributed by atoms with E-state index in [2.05, 4.69) is 11.2 Å². The van der Waals surface area contributed by atoms with Crippen molar-refractivity contribution in [3.8, 4) is 6.07 Å². The lowest BCUT2D eigenvalue weighted by molar-refractivity contribution is 0.0784. The summed E-state index contributed by atoms with van der Waals surface area (Å²) >= 11 is 0. The van der Waals surface area contributed by atoms with Crippen molar-refractivity contribution in [1.29, 1.82) is 5.26 Å². The second kappa shape index (κ2) is 6.23. The lowest BCUT2D eigenvalue weighted by Crippen LogP contribution is -2.26. The molecule has 0 aliphatic carbocycles. The van der Waals surface area contributed by atoms with Crippen molar-refractivity contribution >= 4 is 5.91 Å². The Morgan fingerprint density at radius 3 is 2.90 bits per heavy atom. The summed E-state index contributed by atoms with van der Waals surface area (Å²) in [7, 11) is 3.57. The van der Waals surface area contributed by atoms with Crippen molar-refractivity contribution in [1.82, 2.24) is 14.7 Å². The summed E-state index contributed by atoms with van der Waals surface area (Å²) < 4.78 is 1.66. The number of nitrogens with zero attached hydrogens (tertiary/aromatic N) is 4. The van der Waals surface area contributed by atoms with E-state index < -0.39 is 0 Å². The van der Waals surface area contributed by atoms with E-state index in [-0.39, 0.29) is 5.91 Å². The summed E-state index contributed by atoms with van der Waals surface area (Å²) in [4.78, 5) is 14.1. The molecule has 2 rings (SSSR count). The zero-order valence-corrected chi connectivity index (χ0v) is 12.5. The molecule has 21 heavy (non-hydrogen) atoms. The van der Waals surface area contributed by atoms with Gasteiger partial charge in [0.05, 0.1) is 22.9 Å². The molecule has 0 saturated heterocycles. The lowest BCUT2D eigenvalue weighted by Gasteiger charge is -2.17. The van der Waals surface area contributed by atoms with Gasteiger partial charge in [0.1, 0.15) is 0 Å². The maximum absolute atomic E-state index is 12.5. The summed E-state index contributed by atoms with van der Waals surface area (Å²) in [5.74, 6) is -0.0534. The number of hydrogen-bond donors (Lipinski definition) is 0. The topological polar surface area (TPSA) is 61.9 Å². The molecule has 108 valence electrons. The van der Waals surface area contributed by atoms with Gasteiger partial charge in [-0.15, -0.1) is 0 Å². The Morgan fingerprint density at radius 1 is 1.48 bits per heavy atom. The highest BCUT2D eigenvalue weighted by atomic mass is 16.2. The van der Waals surface area contributed by atoms with Crippen molar-refractivity contribution in [2.24, 2.45) is 7.05 Å². The minimum atomic E-state index is -0.0534. The van der Waals surface area contributed by atoms with E-state index in [1.807, 2.05) is 26.1 Å². The Labute approximate surface area is 124 Å². The first-order chi connectivity index (χ1) is 10.0. The molecule has 0 fully saturated rings. The molecule has 5 nitrogen and oxygen atoms in total. The minimum Gasteiger partial charge on any atom is -0.337 e. The first-order valence-electron chi connectivity index (χ1n) is 6.82. The Hall–Kier alpha value is -2.61. The molecule has 1 aromatic heterocycles. The summed E-state index contributed by atoms with van der Waals surface area (Å²) in [5.41, 5.74) is 2.98. The molecule has 0 bridgehead atoms. The van der Waals surface area contributed by atoms with E-state index in [0.717, 1.165) is 17.7 Å². The zero-order valence-electron chi connectivity index (χ0n) is 12.5. The number of aromatic nitrogens is 2. The quantitative estimate of drug-likeness (QED) is 0.863. The average molecular weight is 282 g/mol. The number of carbonyl (C=O) groups is 1. The fourth-order valence-electron chi connectivity index (χ4n) is 2.26. The van der Waals surface area contributed by atoms with Gasteiger partial charge in [0.25, 0.3) is 5.91 Å². The molecule has 1 heterocycles. The number of aryl methyl sites for hydroxylation is 2. The number of nitriles is 1. The fraction of sp³-hybridized carbons (Fsp3) is 0.312. The van der Waals surface area contributed by atoms with Crippen LogP contribution in [0.15, 0.2) is 30.5 Å². The van der Waals surface area contributed by atoms with E-state index in [0.29, 0.717) is 17.7 Å². The van der Waals surface area contributed by atoms with Gasteiger partial charge in [-0.1, -0.05) is 19.1 Å². The van der Waals surface area contributed by atoms with Crippen LogP contribution in [0.3, 0.4) is 0 Å². The van der Waals surface area contributed by atoms with Gasteiger partial charge in [0.15, 0.2) is 0 Å². The van der Waals surface area contributed by atoms with E-state index in [1.165, 1.54) is 0 Å². The molecule has 0 atom stereocenters. The number of hydrogen-bond acceptors (Lipinski definition) is 3. The second-order valence-electron chi connectivity index (χ2n) is 4.99. The van der Waals surface area contributed by atoms with Crippen LogP contribution < -0.4 is 0 Å². The van der Waals surface area contributed by atoms with Crippen molar-refractivity contribution in [3.63, 3.8) is 0 Å². The minimum absolute atomic E-state index is 0.0534. The molecule has 0 aliphatic heterocycles. The molecular formula is C16H18N4O. The van der Waals surface area contributed by atoms with E-state index in [9.17, 15) is 4.79 Å². The molecule has 0 N–H and O–H groups in total. The van der Waals surface area contributed by atoms with Gasteiger partial charge < -0.3 is 4.90 Å². The van der Waals surface area contributed by atoms with Gasteiger partial charge in [0, 0.05) is 26.8 Å². The molecule has 0 aliphatic rings. The maximum atomic E-state index is 12.5. The number of benzene rings is 1. The summed E-state index contributed by atoms with van der Waals surface area (Å²) in [5, 5.41) is 13.2. The van der Waals surface area contributed by atoms with E-state index in [4.69, 9.17) is 5.26 Å². The largest absolute Gasteiger partial charge is 0.337 e. The second-order valence-corrected chi connectivity index (χ2v) is 4.99. The Balaban J connectivity index is 2.17. The maximum Gasteiger partial charge on any atom is 0.257 e. The highest BCUT2D eigenvalue weighted by molar-refractivity contribution is 5.94. The molecule has 0 radical (unpaired) electrons. The van der Waals surface area contributed by atoms with Gasteiger partial charge in [-0.3, -0.25) is 9.48 Å². The van der Waals surface area contributed by atoms with Gasteiger partial charge in [0.2, 0.25) is 0 Å². The predicted molar refractivity (Wildman–Crippen MR) is 79.5 cm³/mol. The van der Waals surface area contributed by atoms with Gasteiger partial charge in [-0.05, 0) is 24.1 Å². The molecular weight excluding hydrogens is 264 g/mol. The summed E-state index contributed by atoms with van der Waals surface area (Å²) in [6, 6.07) is 9.40. The lowest BCUT2D eigenvalue weighted by atomic mass is 10.1. The van der Waals surface area contributed by atoms with Crippen LogP contribution in [0.1, 0.15) is 34.1 Å². The van der Waals surface area contributed by atoms with E-state index >= 15 is 0 Å². The van der Waals surface area contributed by atoms with Gasteiger partial charge in [-0.2, -0.15) is 10.4 Å². The smallest absolute Gasteiger partial charge is 0.257 e. The van der Waals surface area contributed by atoms with Crippen molar-refractivity contribution in [2.75, 3.05) is 7.05 Å². The third kappa shape index (κ3) is 3.29. The first kappa shape index (κ1) is 14.8. The predicted octanol–water partition coefficient (Wildman–Crippen LogP) is 2.13. The van der Waals surface area contributed by atoms with E-state index in [1.54, 1.807) is 35.0 Å². The van der Waals surface area contributed by atoms with Crippen LogP contribution in [0.25, 0.3) is 0 Å². The highest BCUT2D eigenvalue weighted by Gasteiger charge is 2.18. The molecule has 1 aromatic carbocycles. The Bertz CT molecular complexity index is 697. The third-order valence-corrected chi connectivity index (χ3v) is 3.29. The molecule has 0 unspecified atom stereocenters. The van der Waals surface area contributed by atoms with Crippen LogP contribution >= 0.6 is 0 Å². The van der Waals surface area contributed by atoms with Crippen LogP contribution in [0.2, 0.25) is 0 Å². The van der Waals surface area contributed by atoms with Crippen LogP contribution in [-0.2, 0) is 20.0 Å². The van der Waals surface area contributed by atoms with Gasteiger partial charge in [-0.25, -0.2) is 0 Å². The molecule has 2 aromatic rings. The molecule has 0 saturated carbocycles. The van der Waals surface area contributed by atoms with Crippen LogP contribution in [-0.4, -0.2) is 27.6 Å². The van der Waals surface area contributed by atoms with Gasteiger partial charge >= 0.3 is 0 Å². The monoisotopic (exact) mass is 282 g/mol. The molecule has 1 amide bonds. The fourth-order valence-corrected chi connectivity index (χ4v) is 2.26. The number of carbonyl (C=O) groups excluding carboxylic acids is 1. The third-order valence-electron chi connectivity index (χ3n) is 3.29. The van der Waals surface area contributed by atoms with Crippen molar-refractivity contribution in [2.45, 2.75) is 19.9 Å². The average Bonchev–Trinajstić information content (AvgIpc) is 2.87. The summed E-state index contributed by atoms with van der Waals surface area (Å²) in [6.07, 6.45) is 2.48. The number of rotatable bonds is 4. The molecule has 0 spiro atoms. The van der Waals surface area contributed by atoms with Crippen LogP contribution in [0.4, 0.5) is 0 Å². The Kier molecular flexibility index (Phi) is 4.39. The van der Waals surface area contributed by atoms with Crippen molar-refractivity contribution < 1.29 is 4.79 Å². The normalized spacial score (nSPS) is 10.2. The van der Waals surface area contributed by atoms with Crippen molar-refractivity contribution in [3.05, 3.63) is 52.8 Å².